The van der Waals surface area contributed by atoms with Gasteiger partial charge < -0.3 is 0 Å². The molecule has 2 rings (SSSR count). The van der Waals surface area contributed by atoms with Crippen LogP contribution in [0.15, 0.2) is 35.1 Å². The van der Waals surface area contributed by atoms with Crippen LogP contribution in [-0.2, 0) is 5.75 Å². The Bertz CT molecular complexity index is 630. The molecule has 3 nitrogen and oxygen atoms in total. The van der Waals surface area contributed by atoms with Crippen LogP contribution in [0.25, 0.3) is 5.69 Å². The lowest BCUT2D eigenvalue weighted by Gasteiger charge is -2.12. The van der Waals surface area contributed by atoms with E-state index in [0.717, 1.165) is 11.4 Å². The van der Waals surface area contributed by atoms with Crippen LogP contribution in [0.4, 0.5) is 0 Å². The van der Waals surface area contributed by atoms with Gasteiger partial charge in [0.1, 0.15) is 5.69 Å². The topological polar surface area (TPSA) is 34.9 Å². The summed E-state index contributed by atoms with van der Waals surface area (Å²) in [6.07, 6.45) is 0. The smallest absolute Gasteiger partial charge is 0.204 e. The van der Waals surface area contributed by atoms with Crippen molar-refractivity contribution in [2.45, 2.75) is 32.4 Å². The van der Waals surface area contributed by atoms with Crippen molar-refractivity contribution in [3.63, 3.8) is 0 Å². The van der Waals surface area contributed by atoms with Crippen LogP contribution < -0.4 is 5.43 Å². The van der Waals surface area contributed by atoms with Crippen molar-refractivity contribution >= 4 is 12.6 Å². The minimum Gasteiger partial charge on any atom is -0.288 e. The van der Waals surface area contributed by atoms with Crippen molar-refractivity contribution in [3.05, 3.63) is 57.5 Å². The summed E-state index contributed by atoms with van der Waals surface area (Å²) >= 11 is 4.14. The Morgan fingerprint density at radius 2 is 1.89 bits per heavy atom. The first-order valence-electron chi connectivity index (χ1n) is 6.34. The van der Waals surface area contributed by atoms with Crippen molar-refractivity contribution in [1.82, 2.24) is 9.78 Å². The molecule has 0 aliphatic heterocycles. The normalized spacial score (nSPS) is 11.0. The van der Waals surface area contributed by atoms with Crippen molar-refractivity contribution < 1.29 is 0 Å². The van der Waals surface area contributed by atoms with Gasteiger partial charge in [-0.3, -0.25) is 4.79 Å². The van der Waals surface area contributed by atoms with E-state index in [1.807, 2.05) is 19.1 Å². The summed E-state index contributed by atoms with van der Waals surface area (Å²) in [6.45, 7) is 6.21. The van der Waals surface area contributed by atoms with Crippen molar-refractivity contribution in [3.8, 4) is 5.69 Å². The molecule has 0 atom stereocenters. The number of aromatic nitrogens is 2. The third-order valence-electron chi connectivity index (χ3n) is 3.13. The summed E-state index contributed by atoms with van der Waals surface area (Å²) in [5.41, 5.74) is 3.50. The average Bonchev–Trinajstić information content (AvgIpc) is 2.39. The van der Waals surface area contributed by atoms with Crippen LogP contribution in [0, 0.1) is 6.92 Å². The Morgan fingerprint density at radius 1 is 1.26 bits per heavy atom. The number of aryl methyl sites for hydroxylation is 1. The number of thiol groups is 1. The first-order chi connectivity index (χ1) is 9.02. The zero-order valence-corrected chi connectivity index (χ0v) is 12.3. The molecule has 0 saturated carbocycles. The molecular formula is C15H18N2OS. The van der Waals surface area contributed by atoms with E-state index in [-0.39, 0.29) is 5.43 Å². The van der Waals surface area contributed by atoms with Gasteiger partial charge in [0.05, 0.1) is 5.69 Å². The van der Waals surface area contributed by atoms with Crippen LogP contribution in [0.5, 0.6) is 0 Å². The van der Waals surface area contributed by atoms with E-state index in [1.165, 1.54) is 5.56 Å². The first kappa shape index (κ1) is 13.9. The second kappa shape index (κ2) is 5.61. The number of hydrogen-bond donors (Lipinski definition) is 1. The summed E-state index contributed by atoms with van der Waals surface area (Å²) in [4.78, 5) is 11.7. The average molecular weight is 274 g/mol. The predicted octanol–water partition coefficient (Wildman–Crippen LogP) is 3.09. The highest BCUT2D eigenvalue weighted by molar-refractivity contribution is 7.79. The first-order valence-corrected chi connectivity index (χ1v) is 6.97. The summed E-state index contributed by atoms with van der Waals surface area (Å²) in [7, 11) is 0. The van der Waals surface area contributed by atoms with Gasteiger partial charge in [-0.25, -0.2) is 4.68 Å². The lowest BCUT2D eigenvalue weighted by molar-refractivity contribution is 0.772. The van der Waals surface area contributed by atoms with Crippen molar-refractivity contribution in [2.24, 2.45) is 0 Å². The second-order valence-electron chi connectivity index (χ2n) is 4.91. The van der Waals surface area contributed by atoms with Crippen LogP contribution in [0.3, 0.4) is 0 Å². The van der Waals surface area contributed by atoms with E-state index in [1.54, 1.807) is 10.7 Å². The molecule has 0 bridgehead atoms. The minimum atomic E-state index is -0.0532. The molecule has 0 radical (unpaired) electrons. The standard InChI is InChI=1S/C15H18N2OS/c1-10(2)12-4-6-13(7-5-12)17-11(3)8-15(18)14(9-19)16-17/h4-8,10,19H,9H2,1-3H3. The Kier molecular flexibility index (Phi) is 4.10. The SMILES string of the molecule is Cc1cc(=O)c(CS)nn1-c1ccc(C(C)C)cc1. The maximum absolute atomic E-state index is 11.7. The van der Waals surface area contributed by atoms with Crippen molar-refractivity contribution in [2.75, 3.05) is 0 Å². The number of benzene rings is 1. The molecule has 0 amide bonds. The molecule has 100 valence electrons. The van der Waals surface area contributed by atoms with E-state index in [2.05, 4.69) is 43.7 Å². The Morgan fingerprint density at radius 3 is 2.42 bits per heavy atom. The monoisotopic (exact) mass is 274 g/mol. The molecule has 0 fully saturated rings. The van der Waals surface area contributed by atoms with Gasteiger partial charge in [-0.15, -0.1) is 0 Å². The second-order valence-corrected chi connectivity index (χ2v) is 5.23. The summed E-state index contributed by atoms with van der Waals surface area (Å²) in [5.74, 6) is 0.855. The maximum atomic E-state index is 11.7. The largest absolute Gasteiger partial charge is 0.288 e. The van der Waals surface area contributed by atoms with E-state index in [9.17, 15) is 4.79 Å². The van der Waals surface area contributed by atoms with E-state index in [4.69, 9.17) is 0 Å². The fraction of sp³-hybridized carbons (Fsp3) is 0.333. The molecule has 0 N–H and O–H groups in total. The molecule has 1 aromatic heterocycles. The summed E-state index contributed by atoms with van der Waals surface area (Å²) in [5, 5.41) is 4.36. The van der Waals surface area contributed by atoms with E-state index >= 15 is 0 Å². The Hall–Kier alpha value is -1.55. The zero-order chi connectivity index (χ0) is 14.0. The van der Waals surface area contributed by atoms with Crippen LogP contribution >= 0.6 is 12.6 Å². The number of nitrogens with zero attached hydrogens (tertiary/aromatic N) is 2. The molecule has 0 saturated heterocycles. The Labute approximate surface area is 118 Å². The van der Waals surface area contributed by atoms with E-state index < -0.39 is 0 Å². The summed E-state index contributed by atoms with van der Waals surface area (Å²) < 4.78 is 1.79. The molecule has 0 spiro atoms. The highest BCUT2D eigenvalue weighted by Crippen LogP contribution is 2.17. The highest BCUT2D eigenvalue weighted by atomic mass is 32.1. The molecule has 4 heteroatoms. The van der Waals surface area contributed by atoms with Gasteiger partial charge in [0.15, 0.2) is 0 Å². The fourth-order valence-electron chi connectivity index (χ4n) is 1.95. The molecule has 19 heavy (non-hydrogen) atoms. The van der Waals surface area contributed by atoms with Gasteiger partial charge in [0.25, 0.3) is 0 Å². The molecule has 1 heterocycles. The molecule has 2 aromatic rings. The number of hydrogen-bond acceptors (Lipinski definition) is 3. The van der Waals surface area contributed by atoms with Gasteiger partial charge >= 0.3 is 0 Å². The Balaban J connectivity index is 2.49. The fourth-order valence-corrected chi connectivity index (χ4v) is 2.17. The maximum Gasteiger partial charge on any atom is 0.204 e. The lowest BCUT2D eigenvalue weighted by Crippen LogP contribution is -2.17. The van der Waals surface area contributed by atoms with E-state index in [0.29, 0.717) is 17.4 Å². The van der Waals surface area contributed by atoms with Gasteiger partial charge in [-0.1, -0.05) is 26.0 Å². The molecule has 0 unspecified atom stereocenters. The van der Waals surface area contributed by atoms with Crippen LogP contribution in [0.1, 0.15) is 36.7 Å². The van der Waals surface area contributed by atoms with Gasteiger partial charge in [0, 0.05) is 17.5 Å². The number of rotatable bonds is 3. The molecule has 1 aromatic carbocycles. The van der Waals surface area contributed by atoms with Gasteiger partial charge in [-0.2, -0.15) is 17.7 Å². The summed E-state index contributed by atoms with van der Waals surface area (Å²) in [6, 6.07) is 9.86. The lowest BCUT2D eigenvalue weighted by atomic mass is 10.0. The predicted molar refractivity (Wildman–Crippen MR) is 81.4 cm³/mol. The van der Waals surface area contributed by atoms with Crippen molar-refractivity contribution in [1.29, 1.82) is 0 Å². The van der Waals surface area contributed by atoms with Crippen LogP contribution in [0.2, 0.25) is 0 Å². The van der Waals surface area contributed by atoms with Crippen LogP contribution in [-0.4, -0.2) is 9.78 Å². The molecule has 0 aliphatic carbocycles. The minimum absolute atomic E-state index is 0.0532. The quantitative estimate of drug-likeness (QED) is 0.873. The van der Waals surface area contributed by atoms with Gasteiger partial charge in [0.2, 0.25) is 5.43 Å². The molecular weight excluding hydrogens is 256 g/mol. The zero-order valence-electron chi connectivity index (χ0n) is 11.4. The molecule has 0 aliphatic rings. The highest BCUT2D eigenvalue weighted by Gasteiger charge is 2.07. The third-order valence-corrected chi connectivity index (χ3v) is 3.43. The third kappa shape index (κ3) is 2.89. The van der Waals surface area contributed by atoms with Gasteiger partial charge in [-0.05, 0) is 30.5 Å².